The molecule has 2 aliphatic rings. The zero-order valence-corrected chi connectivity index (χ0v) is 10.4. The van der Waals surface area contributed by atoms with E-state index in [-0.39, 0.29) is 0 Å². The fourth-order valence-corrected chi connectivity index (χ4v) is 3.25. The summed E-state index contributed by atoms with van der Waals surface area (Å²) in [5, 5.41) is 3.64. The third-order valence-electron chi connectivity index (χ3n) is 4.03. The third kappa shape index (κ3) is 1.89. The summed E-state index contributed by atoms with van der Waals surface area (Å²) in [6.45, 7) is 2.17. The van der Waals surface area contributed by atoms with E-state index in [1.165, 1.54) is 24.9 Å². The number of para-hydroxylation sites is 2. The van der Waals surface area contributed by atoms with Gasteiger partial charge in [0.1, 0.15) is 5.75 Å². The number of fused-ring (bicyclic) bond motifs is 1. The normalized spacial score (nSPS) is 27.9. The van der Waals surface area contributed by atoms with Crippen molar-refractivity contribution in [3.63, 3.8) is 0 Å². The Morgan fingerprint density at radius 1 is 1.29 bits per heavy atom. The number of ether oxygens (including phenoxy) is 1. The highest BCUT2D eigenvalue weighted by Crippen LogP contribution is 2.35. The van der Waals surface area contributed by atoms with E-state index in [2.05, 4.69) is 28.4 Å². The van der Waals surface area contributed by atoms with Crippen LogP contribution in [0.2, 0.25) is 0 Å². The van der Waals surface area contributed by atoms with E-state index in [1.54, 1.807) is 7.11 Å². The molecule has 2 fully saturated rings. The molecular weight excluding hydrogens is 212 g/mol. The second-order valence-corrected chi connectivity index (χ2v) is 4.92. The predicted molar refractivity (Wildman–Crippen MR) is 69.8 cm³/mol. The van der Waals surface area contributed by atoms with Gasteiger partial charge in [0.15, 0.2) is 0 Å². The highest BCUT2D eigenvalue weighted by Gasteiger charge is 2.35. The van der Waals surface area contributed by atoms with Crippen molar-refractivity contribution in [2.75, 3.05) is 25.1 Å². The lowest BCUT2D eigenvalue weighted by Gasteiger charge is -2.40. The molecule has 17 heavy (non-hydrogen) atoms. The quantitative estimate of drug-likeness (QED) is 0.844. The molecule has 1 aliphatic heterocycles. The molecular formula is C14H20N2O. The van der Waals surface area contributed by atoms with Gasteiger partial charge in [-0.2, -0.15) is 0 Å². The molecule has 0 amide bonds. The molecule has 0 radical (unpaired) electrons. The molecule has 0 bridgehead atoms. The maximum atomic E-state index is 5.48. The molecule has 3 heteroatoms. The van der Waals surface area contributed by atoms with Crippen LogP contribution in [0.25, 0.3) is 0 Å². The van der Waals surface area contributed by atoms with Crippen LogP contribution in [0.4, 0.5) is 5.69 Å². The van der Waals surface area contributed by atoms with E-state index in [0.717, 1.165) is 18.8 Å². The minimum absolute atomic E-state index is 0.653. The molecule has 2 unspecified atom stereocenters. The van der Waals surface area contributed by atoms with Crippen LogP contribution in [0.5, 0.6) is 5.75 Å². The van der Waals surface area contributed by atoms with Crippen molar-refractivity contribution < 1.29 is 4.74 Å². The Bertz CT molecular complexity index is 394. The number of nitrogens with zero attached hydrogens (tertiary/aromatic N) is 1. The van der Waals surface area contributed by atoms with Crippen molar-refractivity contribution in [2.45, 2.75) is 31.3 Å². The van der Waals surface area contributed by atoms with Crippen LogP contribution in [0, 0.1) is 0 Å². The first-order valence-electron chi connectivity index (χ1n) is 6.53. The van der Waals surface area contributed by atoms with Crippen LogP contribution >= 0.6 is 0 Å². The van der Waals surface area contributed by atoms with Crippen LogP contribution in [0.3, 0.4) is 0 Å². The van der Waals surface area contributed by atoms with Gasteiger partial charge in [0.25, 0.3) is 0 Å². The Balaban J connectivity index is 1.91. The van der Waals surface area contributed by atoms with E-state index in [9.17, 15) is 0 Å². The first kappa shape index (κ1) is 10.9. The number of piperazine rings is 1. The fraction of sp³-hybridized carbons (Fsp3) is 0.571. The smallest absolute Gasteiger partial charge is 0.142 e. The summed E-state index contributed by atoms with van der Waals surface area (Å²) in [4.78, 5) is 2.53. The van der Waals surface area contributed by atoms with Crippen LogP contribution in [-0.4, -0.2) is 32.3 Å². The summed E-state index contributed by atoms with van der Waals surface area (Å²) < 4.78 is 5.48. The van der Waals surface area contributed by atoms with Gasteiger partial charge in [-0.05, 0) is 31.4 Å². The zero-order chi connectivity index (χ0) is 11.7. The highest BCUT2D eigenvalue weighted by atomic mass is 16.5. The average Bonchev–Trinajstić information content (AvgIpc) is 2.86. The lowest BCUT2D eigenvalue weighted by atomic mass is 10.1. The Morgan fingerprint density at radius 2 is 2.18 bits per heavy atom. The van der Waals surface area contributed by atoms with Gasteiger partial charge in [-0.1, -0.05) is 12.1 Å². The van der Waals surface area contributed by atoms with Crippen LogP contribution in [0.1, 0.15) is 19.3 Å². The van der Waals surface area contributed by atoms with Crippen molar-refractivity contribution in [1.29, 1.82) is 0 Å². The molecule has 1 aromatic rings. The molecule has 1 aromatic carbocycles. The zero-order valence-electron chi connectivity index (χ0n) is 10.4. The van der Waals surface area contributed by atoms with Gasteiger partial charge in [0, 0.05) is 25.2 Å². The summed E-state index contributed by atoms with van der Waals surface area (Å²) in [5.41, 5.74) is 1.26. The van der Waals surface area contributed by atoms with Gasteiger partial charge in [0.05, 0.1) is 12.8 Å². The summed E-state index contributed by atoms with van der Waals surface area (Å²) in [6, 6.07) is 9.70. The number of benzene rings is 1. The summed E-state index contributed by atoms with van der Waals surface area (Å²) in [7, 11) is 1.76. The second-order valence-electron chi connectivity index (χ2n) is 4.92. The minimum Gasteiger partial charge on any atom is -0.495 e. The number of hydrogen-bond donors (Lipinski definition) is 1. The van der Waals surface area contributed by atoms with Crippen LogP contribution < -0.4 is 15.0 Å². The molecule has 0 spiro atoms. The number of rotatable bonds is 2. The molecule has 1 heterocycles. The molecule has 0 aromatic heterocycles. The van der Waals surface area contributed by atoms with E-state index < -0.39 is 0 Å². The van der Waals surface area contributed by atoms with Crippen LogP contribution in [0.15, 0.2) is 24.3 Å². The molecule has 3 rings (SSSR count). The number of anilines is 1. The molecule has 3 nitrogen and oxygen atoms in total. The monoisotopic (exact) mass is 232 g/mol. The average molecular weight is 232 g/mol. The third-order valence-corrected chi connectivity index (χ3v) is 4.03. The Hall–Kier alpha value is -1.22. The van der Waals surface area contributed by atoms with Gasteiger partial charge < -0.3 is 15.0 Å². The molecule has 1 saturated carbocycles. The number of hydrogen-bond acceptors (Lipinski definition) is 3. The standard InChI is InChI=1S/C14H20N2O/c1-17-14-8-3-2-6-13(14)16-10-9-15-11-5-4-7-12(11)16/h2-3,6,8,11-12,15H,4-5,7,9-10H2,1H3. The van der Waals surface area contributed by atoms with Gasteiger partial charge in [-0.25, -0.2) is 0 Å². The van der Waals surface area contributed by atoms with Crippen molar-refractivity contribution in [3.05, 3.63) is 24.3 Å². The first-order chi connectivity index (χ1) is 8.40. The first-order valence-corrected chi connectivity index (χ1v) is 6.53. The van der Waals surface area contributed by atoms with Gasteiger partial charge in [-0.15, -0.1) is 0 Å². The Morgan fingerprint density at radius 3 is 3.06 bits per heavy atom. The maximum absolute atomic E-state index is 5.48. The van der Waals surface area contributed by atoms with Gasteiger partial charge in [-0.3, -0.25) is 0 Å². The van der Waals surface area contributed by atoms with E-state index in [4.69, 9.17) is 4.74 Å². The molecule has 2 atom stereocenters. The fourth-order valence-electron chi connectivity index (χ4n) is 3.25. The van der Waals surface area contributed by atoms with Crippen molar-refractivity contribution >= 4 is 5.69 Å². The summed E-state index contributed by atoms with van der Waals surface area (Å²) in [6.07, 6.45) is 3.96. The maximum Gasteiger partial charge on any atom is 0.142 e. The minimum atomic E-state index is 0.653. The van der Waals surface area contributed by atoms with E-state index in [1.807, 2.05) is 6.07 Å². The van der Waals surface area contributed by atoms with Crippen molar-refractivity contribution in [1.82, 2.24) is 5.32 Å². The topological polar surface area (TPSA) is 24.5 Å². The van der Waals surface area contributed by atoms with E-state index >= 15 is 0 Å². The van der Waals surface area contributed by atoms with E-state index in [0.29, 0.717) is 12.1 Å². The van der Waals surface area contributed by atoms with Crippen molar-refractivity contribution in [3.8, 4) is 5.75 Å². The van der Waals surface area contributed by atoms with Crippen LogP contribution in [-0.2, 0) is 0 Å². The lowest BCUT2D eigenvalue weighted by Crippen LogP contribution is -2.55. The molecule has 1 N–H and O–H groups in total. The summed E-state index contributed by atoms with van der Waals surface area (Å²) >= 11 is 0. The lowest BCUT2D eigenvalue weighted by molar-refractivity contribution is 0.386. The summed E-state index contributed by atoms with van der Waals surface area (Å²) in [5.74, 6) is 1.00. The largest absolute Gasteiger partial charge is 0.495 e. The van der Waals surface area contributed by atoms with Gasteiger partial charge in [0.2, 0.25) is 0 Å². The van der Waals surface area contributed by atoms with Gasteiger partial charge >= 0.3 is 0 Å². The highest BCUT2D eigenvalue weighted by molar-refractivity contribution is 5.59. The second kappa shape index (κ2) is 4.57. The molecule has 92 valence electrons. The SMILES string of the molecule is COc1ccccc1N1CCNC2CCCC21. The molecule has 1 saturated heterocycles. The Labute approximate surface area is 103 Å². The Kier molecular flexibility index (Phi) is 2.93. The number of methoxy groups -OCH3 is 1. The predicted octanol–water partition coefficient (Wildman–Crippen LogP) is 2.03. The number of nitrogens with one attached hydrogen (secondary N) is 1. The molecule has 1 aliphatic carbocycles. The van der Waals surface area contributed by atoms with Crippen molar-refractivity contribution in [2.24, 2.45) is 0 Å².